The number of Topliss-reactive ketones (excluding diaryl/α,β-unsaturated/α-hetero) is 2. The van der Waals surface area contributed by atoms with Crippen LogP contribution in [0.1, 0.15) is 62.3 Å². The topological polar surface area (TPSA) is 144 Å². The maximum atomic E-state index is 14.0. The molecule has 0 atom stereocenters. The van der Waals surface area contributed by atoms with E-state index in [0.29, 0.717) is 69.3 Å². The number of nitrogens with zero attached hydrogens (tertiary/aromatic N) is 3. The van der Waals surface area contributed by atoms with Crippen LogP contribution in [0.2, 0.25) is 0 Å². The first-order valence-electron chi connectivity index (χ1n) is 21.6. The van der Waals surface area contributed by atoms with Gasteiger partial charge in [0.25, 0.3) is 17.5 Å². The third-order valence-electron chi connectivity index (χ3n) is 11.8. The summed E-state index contributed by atoms with van der Waals surface area (Å²) in [5.41, 5.74) is 13.3. The molecule has 4 heterocycles. The molecule has 6 aromatic carbocycles. The van der Waals surface area contributed by atoms with Crippen molar-refractivity contribution in [2.45, 2.75) is 25.7 Å². The number of fused-ring (bicyclic) bond motifs is 6. The number of benzene rings is 6. The second-order valence-corrected chi connectivity index (χ2v) is 18.3. The molecule has 0 saturated heterocycles. The van der Waals surface area contributed by atoms with E-state index in [-0.39, 0.29) is 47.7 Å². The van der Waals surface area contributed by atoms with Crippen LogP contribution in [0.25, 0.3) is 20.9 Å². The van der Waals surface area contributed by atoms with Crippen LogP contribution in [-0.4, -0.2) is 41.4 Å². The summed E-state index contributed by atoms with van der Waals surface area (Å²) in [6.07, 6.45) is 1.16. The number of anilines is 3. The molecule has 2 aromatic heterocycles. The molecule has 2 aliphatic heterocycles. The number of nitro benzene ring substituents is 1. The number of amides is 2. The molecule has 2 N–H and O–H groups in total. The Labute approximate surface area is 397 Å². The molecule has 10 nitrogen and oxygen atoms in total. The molecule has 0 bridgehead atoms. The van der Waals surface area contributed by atoms with Gasteiger partial charge in [-0.2, -0.15) is 0 Å². The second-order valence-electron chi connectivity index (χ2n) is 16.2. The van der Waals surface area contributed by atoms with E-state index in [1.165, 1.54) is 59.1 Å². The number of nitrogen functional groups attached to an aromatic ring is 1. The molecule has 0 fully saturated rings. The number of non-ortho nitro benzene ring substituents is 1. The van der Waals surface area contributed by atoms with Gasteiger partial charge in [-0.05, 0) is 108 Å². The van der Waals surface area contributed by atoms with Crippen molar-refractivity contribution in [1.29, 1.82) is 0 Å². The maximum Gasteiger partial charge on any atom is 0.269 e. The lowest BCUT2D eigenvalue weighted by atomic mass is 10.0. The molecule has 338 valence electrons. The van der Waals surface area contributed by atoms with Gasteiger partial charge in [-0.25, -0.2) is 8.78 Å². The Kier molecular flexibility index (Phi) is 13.0. The zero-order valence-corrected chi connectivity index (χ0v) is 37.8. The molecule has 68 heavy (non-hydrogen) atoms. The van der Waals surface area contributed by atoms with Gasteiger partial charge in [-0.15, -0.1) is 22.7 Å². The minimum atomic E-state index is -0.501. The molecule has 2 amide bonds. The number of carbonyl (C=O) groups excluding carboxylic acids is 4. The lowest BCUT2D eigenvalue weighted by Gasteiger charge is -2.23. The normalized spacial score (nSPS) is 12.5. The Bertz CT molecular complexity index is 3260. The molecule has 0 aliphatic carbocycles. The van der Waals surface area contributed by atoms with Gasteiger partial charge in [-0.3, -0.25) is 29.3 Å². The average Bonchev–Trinajstić information content (AvgIpc) is 3.91. The summed E-state index contributed by atoms with van der Waals surface area (Å²) in [5, 5.41) is 11.0. The van der Waals surface area contributed by atoms with Crippen molar-refractivity contribution in [3.8, 4) is 20.9 Å². The van der Waals surface area contributed by atoms with E-state index in [0.717, 1.165) is 37.7 Å². The third kappa shape index (κ3) is 9.37. The summed E-state index contributed by atoms with van der Waals surface area (Å²) in [6, 6.07) is 44.1. The van der Waals surface area contributed by atoms with E-state index in [1.54, 1.807) is 70.5 Å². The summed E-state index contributed by atoms with van der Waals surface area (Å²) in [4.78, 5) is 69.5. The van der Waals surface area contributed by atoms with Crippen molar-refractivity contribution in [3.05, 3.63) is 223 Å². The van der Waals surface area contributed by atoms with E-state index in [4.69, 9.17) is 5.73 Å². The largest absolute Gasteiger partial charge is 0.399 e. The number of nitrogens with two attached hydrogens (primary N) is 1. The number of halogens is 2. The van der Waals surface area contributed by atoms with Crippen molar-refractivity contribution in [1.82, 2.24) is 0 Å². The molecule has 10 rings (SSSR count). The number of carbonyl (C=O) groups is 4. The van der Waals surface area contributed by atoms with Gasteiger partial charge < -0.3 is 15.5 Å². The number of rotatable bonds is 9. The van der Waals surface area contributed by atoms with Gasteiger partial charge in [0.2, 0.25) is 0 Å². The number of thiophene rings is 2. The molecule has 0 saturated carbocycles. The second kappa shape index (κ2) is 19.5. The molecule has 0 unspecified atom stereocenters. The standard InChI is InChI=1S/C27H19FN2O4S.C27H21FN2O2S/c28-22-7-3-1-5-18(22)15-24(31)25-16-19-13-14-29(23-8-4-2-6-21(23)26(19)35-25)27(32)17-9-11-20(12-10-17)30(33)34;28-22-7-3-1-5-18(22)15-24(31)25-16-19-13-14-30(27(32)17-9-11-20(29)12-10-17)23-8-4-2-6-21(23)26(19)33-25/h1-12,16H,13-15H2;1-12,16H,13-15,29H2. The fraction of sp³-hybridized carbons (Fsp3) is 0.111. The summed E-state index contributed by atoms with van der Waals surface area (Å²) >= 11 is 2.76. The summed E-state index contributed by atoms with van der Waals surface area (Å²) < 4.78 is 28.1. The average molecular weight is 943 g/mol. The van der Waals surface area contributed by atoms with Crippen LogP contribution in [0.3, 0.4) is 0 Å². The smallest absolute Gasteiger partial charge is 0.269 e. The van der Waals surface area contributed by atoms with E-state index < -0.39 is 10.7 Å². The van der Waals surface area contributed by atoms with Crippen LogP contribution in [-0.2, 0) is 25.7 Å². The number of hydrogen-bond donors (Lipinski definition) is 1. The highest BCUT2D eigenvalue weighted by Crippen LogP contribution is 2.44. The SMILES string of the molecule is Nc1ccc(C(=O)N2CCc3cc(C(=O)Cc4ccccc4F)sc3-c3ccccc32)cc1.O=C(Cc1ccccc1F)c1cc2c(s1)-c1ccccc1N(C(=O)c1ccc([N+](=O)[O-])cc1)CC2. The van der Waals surface area contributed by atoms with Gasteiger partial charge in [-0.1, -0.05) is 72.8 Å². The Balaban J connectivity index is 0.000000170. The van der Waals surface area contributed by atoms with Crippen LogP contribution in [0, 0.1) is 21.7 Å². The number of hydrogen-bond acceptors (Lipinski definition) is 9. The fourth-order valence-corrected chi connectivity index (χ4v) is 10.7. The predicted octanol–water partition coefficient (Wildman–Crippen LogP) is 11.9. The minimum absolute atomic E-state index is 0.0154. The van der Waals surface area contributed by atoms with E-state index in [9.17, 15) is 38.1 Å². The zero-order chi connectivity index (χ0) is 47.5. The first-order chi connectivity index (χ1) is 32.9. The summed E-state index contributed by atoms with van der Waals surface area (Å²) in [5.74, 6) is -1.36. The van der Waals surface area contributed by atoms with Crippen molar-refractivity contribution in [2.75, 3.05) is 28.6 Å². The lowest BCUT2D eigenvalue weighted by Crippen LogP contribution is -2.32. The van der Waals surface area contributed by atoms with E-state index >= 15 is 0 Å². The fourth-order valence-electron chi connectivity index (χ4n) is 8.36. The molecule has 0 spiro atoms. The monoisotopic (exact) mass is 942 g/mol. The Morgan fingerprint density at radius 1 is 0.559 bits per heavy atom. The van der Waals surface area contributed by atoms with Crippen LogP contribution >= 0.6 is 22.7 Å². The van der Waals surface area contributed by atoms with Crippen LogP contribution in [0.4, 0.5) is 31.5 Å². The molecular formula is C54H40F2N4O6S2. The van der Waals surface area contributed by atoms with Gasteiger partial charge in [0.1, 0.15) is 11.6 Å². The Morgan fingerprint density at radius 3 is 1.38 bits per heavy atom. The molecule has 14 heteroatoms. The first kappa shape index (κ1) is 45.2. The molecule has 8 aromatic rings. The molecular weight excluding hydrogens is 903 g/mol. The van der Waals surface area contributed by atoms with Gasteiger partial charge in [0.15, 0.2) is 11.6 Å². The number of para-hydroxylation sites is 2. The zero-order valence-electron chi connectivity index (χ0n) is 36.2. The van der Waals surface area contributed by atoms with E-state index in [2.05, 4.69) is 0 Å². The quantitative estimate of drug-likeness (QED) is 0.0656. The third-order valence-corrected chi connectivity index (χ3v) is 14.4. The minimum Gasteiger partial charge on any atom is -0.399 e. The van der Waals surface area contributed by atoms with Crippen LogP contribution < -0.4 is 15.5 Å². The van der Waals surface area contributed by atoms with Crippen molar-refractivity contribution >= 4 is 68.8 Å². The maximum absolute atomic E-state index is 14.0. The molecule has 2 aliphatic rings. The van der Waals surface area contributed by atoms with Gasteiger partial charge >= 0.3 is 0 Å². The summed E-state index contributed by atoms with van der Waals surface area (Å²) in [6.45, 7) is 0.877. The van der Waals surface area contributed by atoms with Crippen molar-refractivity contribution in [2.24, 2.45) is 0 Å². The number of ketones is 2. The van der Waals surface area contributed by atoms with Crippen molar-refractivity contribution in [3.63, 3.8) is 0 Å². The lowest BCUT2D eigenvalue weighted by molar-refractivity contribution is -0.384. The van der Waals surface area contributed by atoms with Gasteiger partial charge in [0.05, 0.1) is 26.1 Å². The Morgan fingerprint density at radius 2 is 0.956 bits per heavy atom. The highest BCUT2D eigenvalue weighted by molar-refractivity contribution is 7.18. The highest BCUT2D eigenvalue weighted by Gasteiger charge is 2.30. The van der Waals surface area contributed by atoms with Gasteiger partial charge in [0, 0.05) is 75.8 Å². The number of nitro groups is 1. The first-order valence-corrected chi connectivity index (χ1v) is 23.3. The van der Waals surface area contributed by atoms with Crippen molar-refractivity contribution < 1.29 is 32.9 Å². The van der Waals surface area contributed by atoms with Crippen LogP contribution in [0.5, 0.6) is 0 Å². The van der Waals surface area contributed by atoms with Crippen LogP contribution in [0.15, 0.2) is 158 Å². The highest BCUT2D eigenvalue weighted by atomic mass is 32.1. The summed E-state index contributed by atoms with van der Waals surface area (Å²) in [7, 11) is 0. The van der Waals surface area contributed by atoms with E-state index in [1.807, 2.05) is 60.7 Å². The predicted molar refractivity (Wildman–Crippen MR) is 263 cm³/mol. The molecule has 0 radical (unpaired) electrons. The Hall–Kier alpha value is -7.94.